The number of aromatic nitrogens is 1. The first-order valence-corrected chi connectivity index (χ1v) is 14.3. The zero-order valence-corrected chi connectivity index (χ0v) is 24.3. The number of rotatable bonds is 6. The van der Waals surface area contributed by atoms with Gasteiger partial charge in [0.2, 0.25) is 0 Å². The van der Waals surface area contributed by atoms with Crippen LogP contribution in [-0.2, 0) is 12.8 Å². The molecule has 0 saturated heterocycles. The van der Waals surface area contributed by atoms with Crippen molar-refractivity contribution in [2.45, 2.75) is 53.9 Å². The Morgan fingerprint density at radius 2 is 1.82 bits per heavy atom. The predicted molar refractivity (Wildman–Crippen MR) is 163 cm³/mol. The standard InChI is InChI=1S/C32H34N4O3S/c1-20-17-22(21(2)35(20)25-12-14-26(15-13-25)36(38)39)19-33-31-29(30(37)34-24-9-7-6-8-10-24)27-16-11-23(32(3,4)5)18-28(27)40-31/h6-10,12-15,17,19,23H,11,16,18H2,1-5H3,(H,34,37)/t23-/m1/s1. The van der Waals surface area contributed by atoms with E-state index in [1.807, 2.05) is 56.5 Å². The van der Waals surface area contributed by atoms with E-state index in [1.165, 1.54) is 17.0 Å². The molecule has 1 aliphatic rings. The second kappa shape index (κ2) is 10.8. The van der Waals surface area contributed by atoms with Crippen molar-refractivity contribution in [3.05, 3.63) is 104 Å². The molecule has 0 fully saturated rings. The third-order valence-corrected chi connectivity index (χ3v) is 9.00. The third-order valence-electron chi connectivity index (χ3n) is 7.84. The first-order chi connectivity index (χ1) is 19.0. The zero-order valence-electron chi connectivity index (χ0n) is 23.5. The number of non-ortho nitro benzene ring substituents is 1. The average Bonchev–Trinajstić information content (AvgIpc) is 3.42. The molecule has 2 heterocycles. The minimum atomic E-state index is -0.396. The summed E-state index contributed by atoms with van der Waals surface area (Å²) in [5.41, 5.74) is 6.58. The second-order valence-electron chi connectivity index (χ2n) is 11.5. The molecule has 0 radical (unpaired) electrons. The van der Waals surface area contributed by atoms with Gasteiger partial charge in [0.05, 0.1) is 10.5 Å². The maximum atomic E-state index is 13.6. The first kappa shape index (κ1) is 27.5. The van der Waals surface area contributed by atoms with Crippen LogP contribution in [0.1, 0.15) is 64.9 Å². The van der Waals surface area contributed by atoms with E-state index in [-0.39, 0.29) is 17.0 Å². The Bertz CT molecular complexity index is 1590. The highest BCUT2D eigenvalue weighted by Gasteiger charge is 2.33. The van der Waals surface area contributed by atoms with Crippen LogP contribution in [0, 0.1) is 35.3 Å². The fourth-order valence-electron chi connectivity index (χ4n) is 5.52. The molecule has 2 aromatic heterocycles. The summed E-state index contributed by atoms with van der Waals surface area (Å²) in [5, 5.41) is 14.9. The van der Waals surface area contributed by atoms with E-state index in [2.05, 4.69) is 30.7 Å². The van der Waals surface area contributed by atoms with Crippen molar-refractivity contribution in [3.63, 3.8) is 0 Å². The summed E-state index contributed by atoms with van der Waals surface area (Å²) in [7, 11) is 0. The van der Waals surface area contributed by atoms with Crippen molar-refractivity contribution in [2.24, 2.45) is 16.3 Å². The number of thiophene rings is 1. The number of nitrogens with zero attached hydrogens (tertiary/aromatic N) is 3. The summed E-state index contributed by atoms with van der Waals surface area (Å²) in [4.78, 5) is 30.5. The molecule has 206 valence electrons. The molecule has 0 spiro atoms. The van der Waals surface area contributed by atoms with Gasteiger partial charge in [-0.1, -0.05) is 39.0 Å². The molecule has 0 unspecified atom stereocenters. The number of carbonyl (C=O) groups excluding carboxylic acids is 1. The smallest absolute Gasteiger partial charge is 0.269 e. The van der Waals surface area contributed by atoms with Crippen LogP contribution in [0.3, 0.4) is 0 Å². The topological polar surface area (TPSA) is 89.5 Å². The number of para-hydroxylation sites is 1. The Hall–Kier alpha value is -4.04. The highest BCUT2D eigenvalue weighted by molar-refractivity contribution is 7.16. The molecule has 1 atom stereocenters. The van der Waals surface area contributed by atoms with E-state index in [0.717, 1.165) is 58.2 Å². The van der Waals surface area contributed by atoms with Gasteiger partial charge in [-0.15, -0.1) is 11.3 Å². The fourth-order valence-corrected chi connectivity index (χ4v) is 6.79. The predicted octanol–water partition coefficient (Wildman–Crippen LogP) is 8.22. The first-order valence-electron chi connectivity index (χ1n) is 13.5. The summed E-state index contributed by atoms with van der Waals surface area (Å²) in [6.45, 7) is 10.9. The van der Waals surface area contributed by atoms with E-state index in [9.17, 15) is 14.9 Å². The summed E-state index contributed by atoms with van der Waals surface area (Å²) in [5.74, 6) is 0.433. The molecular weight excluding hydrogens is 520 g/mol. The number of nitro groups is 1. The number of carbonyl (C=O) groups is 1. The Morgan fingerprint density at radius 3 is 2.48 bits per heavy atom. The van der Waals surface area contributed by atoms with Crippen LogP contribution >= 0.6 is 11.3 Å². The van der Waals surface area contributed by atoms with E-state index in [1.54, 1.807) is 23.5 Å². The molecule has 4 aromatic rings. The summed E-state index contributed by atoms with van der Waals surface area (Å²) < 4.78 is 2.06. The van der Waals surface area contributed by atoms with Crippen molar-refractivity contribution in [3.8, 4) is 5.69 Å². The molecule has 7 nitrogen and oxygen atoms in total. The minimum absolute atomic E-state index is 0.0599. The van der Waals surface area contributed by atoms with Crippen molar-refractivity contribution in [1.29, 1.82) is 0 Å². The summed E-state index contributed by atoms with van der Waals surface area (Å²) >= 11 is 1.63. The van der Waals surface area contributed by atoms with Crippen LogP contribution in [0.4, 0.5) is 16.4 Å². The van der Waals surface area contributed by atoms with Crippen molar-refractivity contribution in [2.75, 3.05) is 5.32 Å². The molecule has 0 aliphatic heterocycles. The number of amides is 1. The molecule has 1 amide bonds. The van der Waals surface area contributed by atoms with Crippen molar-refractivity contribution >= 4 is 39.8 Å². The number of hydrogen-bond acceptors (Lipinski definition) is 5. The van der Waals surface area contributed by atoms with Gasteiger partial charge < -0.3 is 9.88 Å². The lowest BCUT2D eigenvalue weighted by Crippen LogP contribution is -2.27. The highest BCUT2D eigenvalue weighted by Crippen LogP contribution is 2.45. The highest BCUT2D eigenvalue weighted by atomic mass is 32.1. The number of nitro benzene ring substituents is 1. The van der Waals surface area contributed by atoms with Gasteiger partial charge in [-0.05, 0) is 80.3 Å². The van der Waals surface area contributed by atoms with Crippen LogP contribution in [0.25, 0.3) is 5.69 Å². The molecule has 1 N–H and O–H groups in total. The molecule has 0 saturated carbocycles. The quantitative estimate of drug-likeness (QED) is 0.148. The van der Waals surface area contributed by atoms with Crippen molar-refractivity contribution in [1.82, 2.24) is 4.57 Å². The van der Waals surface area contributed by atoms with Gasteiger partial charge in [-0.3, -0.25) is 14.9 Å². The number of fused-ring (bicyclic) bond motifs is 1. The summed E-state index contributed by atoms with van der Waals surface area (Å²) in [6, 6.07) is 18.1. The lowest BCUT2D eigenvalue weighted by molar-refractivity contribution is -0.384. The Labute approximate surface area is 238 Å². The maximum absolute atomic E-state index is 13.6. The number of nitrogens with one attached hydrogen (secondary N) is 1. The van der Waals surface area contributed by atoms with Crippen molar-refractivity contribution < 1.29 is 9.72 Å². The van der Waals surface area contributed by atoms with Crippen LogP contribution in [0.5, 0.6) is 0 Å². The van der Waals surface area contributed by atoms with Crippen LogP contribution < -0.4 is 5.32 Å². The van der Waals surface area contributed by atoms with E-state index in [4.69, 9.17) is 4.99 Å². The van der Waals surface area contributed by atoms with Gasteiger partial charge in [0.25, 0.3) is 11.6 Å². The summed E-state index contributed by atoms with van der Waals surface area (Å²) in [6.07, 6.45) is 4.72. The zero-order chi connectivity index (χ0) is 28.6. The molecule has 2 aromatic carbocycles. The van der Waals surface area contributed by atoms with Gasteiger partial charge in [0.15, 0.2) is 0 Å². The van der Waals surface area contributed by atoms with Gasteiger partial charge in [0.1, 0.15) is 5.00 Å². The number of benzene rings is 2. The van der Waals surface area contributed by atoms with E-state index in [0.29, 0.717) is 11.5 Å². The second-order valence-corrected chi connectivity index (χ2v) is 12.6. The minimum Gasteiger partial charge on any atom is -0.322 e. The number of aryl methyl sites for hydroxylation is 1. The van der Waals surface area contributed by atoms with Gasteiger partial charge in [-0.2, -0.15) is 0 Å². The van der Waals surface area contributed by atoms with Gasteiger partial charge in [-0.25, -0.2) is 4.99 Å². The SMILES string of the molecule is Cc1cc(C=Nc2sc3c(c2C(=O)Nc2ccccc2)CC[C@@H](C(C)(C)C)C3)c(C)n1-c1ccc([N+](=O)[O-])cc1. The van der Waals surface area contributed by atoms with E-state index >= 15 is 0 Å². The third kappa shape index (κ3) is 5.49. The van der Waals surface area contributed by atoms with Crippen LogP contribution in [0.15, 0.2) is 65.7 Å². The van der Waals surface area contributed by atoms with E-state index < -0.39 is 4.92 Å². The Morgan fingerprint density at radius 1 is 1.12 bits per heavy atom. The monoisotopic (exact) mass is 554 g/mol. The van der Waals surface area contributed by atoms with Crippen LogP contribution in [-0.4, -0.2) is 21.6 Å². The van der Waals surface area contributed by atoms with Gasteiger partial charge >= 0.3 is 0 Å². The Kier molecular flexibility index (Phi) is 7.47. The molecule has 1 aliphatic carbocycles. The molecule has 0 bridgehead atoms. The lowest BCUT2D eigenvalue weighted by Gasteiger charge is -2.33. The molecule has 5 rings (SSSR count). The molecule has 8 heteroatoms. The van der Waals surface area contributed by atoms with Crippen LogP contribution in [0.2, 0.25) is 0 Å². The van der Waals surface area contributed by atoms with Gasteiger partial charge in [0, 0.05) is 51.6 Å². The normalized spacial score (nSPS) is 15.3. The molecule has 40 heavy (non-hydrogen) atoms. The average molecular weight is 555 g/mol. The Balaban J connectivity index is 1.50. The fraction of sp³-hybridized carbons (Fsp3) is 0.312. The number of hydrogen-bond donors (Lipinski definition) is 1. The largest absolute Gasteiger partial charge is 0.322 e. The number of anilines is 1. The number of aliphatic imine (C=N–C) groups is 1. The molecular formula is C32H34N4O3S. The lowest BCUT2D eigenvalue weighted by atomic mass is 9.72. The maximum Gasteiger partial charge on any atom is 0.269 e.